The normalized spacial score (nSPS) is 19.4. The molecule has 0 spiro atoms. The van der Waals surface area contributed by atoms with Gasteiger partial charge in [0, 0.05) is 12.8 Å². The summed E-state index contributed by atoms with van der Waals surface area (Å²) in [6.07, 6.45) is 46.9. The van der Waals surface area contributed by atoms with Gasteiger partial charge in [-0.3, -0.25) is 9.59 Å². The minimum absolute atomic E-state index is 0.0124. The molecular formula is C58H109NO10. The third-order valence-electron chi connectivity index (χ3n) is 13.8. The quantitative estimate of drug-likeness (QED) is 0.0196. The fourth-order valence-electron chi connectivity index (χ4n) is 9.16. The number of nitrogens with one attached hydrogen (secondary N) is 1. The van der Waals surface area contributed by atoms with Gasteiger partial charge in [0.1, 0.15) is 24.4 Å². The van der Waals surface area contributed by atoms with Gasteiger partial charge >= 0.3 is 5.97 Å². The van der Waals surface area contributed by atoms with Gasteiger partial charge in [0.05, 0.1) is 32.0 Å². The number of rotatable bonds is 50. The zero-order valence-electron chi connectivity index (χ0n) is 44.5. The fraction of sp³-hybridized carbons (Fsp3) is 0.897. The molecule has 69 heavy (non-hydrogen) atoms. The van der Waals surface area contributed by atoms with Crippen LogP contribution < -0.4 is 5.32 Å². The van der Waals surface area contributed by atoms with Crippen molar-refractivity contribution in [2.24, 2.45) is 0 Å². The summed E-state index contributed by atoms with van der Waals surface area (Å²) >= 11 is 0. The van der Waals surface area contributed by atoms with Gasteiger partial charge in [0.15, 0.2) is 6.29 Å². The molecule has 1 aliphatic rings. The average Bonchev–Trinajstić information content (AvgIpc) is 3.34. The van der Waals surface area contributed by atoms with Gasteiger partial charge in [-0.1, -0.05) is 237 Å². The summed E-state index contributed by atoms with van der Waals surface area (Å²) in [5, 5.41) is 54.3. The number of ether oxygens (including phenoxy) is 3. The maximum Gasteiger partial charge on any atom is 0.305 e. The maximum atomic E-state index is 13.0. The van der Waals surface area contributed by atoms with Crippen molar-refractivity contribution in [3.8, 4) is 0 Å². The molecular weight excluding hydrogens is 871 g/mol. The van der Waals surface area contributed by atoms with Crippen molar-refractivity contribution in [1.29, 1.82) is 0 Å². The summed E-state index contributed by atoms with van der Waals surface area (Å²) < 4.78 is 16.7. The second kappa shape index (κ2) is 48.4. The zero-order chi connectivity index (χ0) is 50.3. The Morgan fingerprint density at radius 1 is 0.522 bits per heavy atom. The molecule has 1 aliphatic heterocycles. The standard InChI is InChI=1S/C58H109NO10/c1-3-5-7-9-11-13-15-21-25-28-32-36-40-44-51(61)50(49-68-58-57(66)56(65)55(64)52(48-60)69-58)59-53(62)45-41-37-33-29-26-22-19-17-16-18-20-23-27-31-35-39-43-47-67-54(63)46-42-38-34-30-24-14-12-10-8-6-4-2/h25,28,40,44,50-52,55-58,60-61,64-66H,3-24,26-27,29-39,41-43,45-49H2,1-2H3,(H,59,62)/b28-25+,44-40+. The average molecular weight is 981 g/mol. The molecule has 0 aliphatic carbocycles. The zero-order valence-corrected chi connectivity index (χ0v) is 44.5. The van der Waals surface area contributed by atoms with Crippen LogP contribution in [0.5, 0.6) is 0 Å². The lowest BCUT2D eigenvalue weighted by atomic mass is 9.99. The van der Waals surface area contributed by atoms with Crippen molar-refractivity contribution < 1.29 is 49.3 Å². The molecule has 0 aromatic carbocycles. The van der Waals surface area contributed by atoms with E-state index in [0.717, 1.165) is 70.6 Å². The lowest BCUT2D eigenvalue weighted by Crippen LogP contribution is -2.60. The van der Waals surface area contributed by atoms with Gasteiger partial charge in [0.2, 0.25) is 5.91 Å². The van der Waals surface area contributed by atoms with Crippen molar-refractivity contribution in [2.75, 3.05) is 19.8 Å². The highest BCUT2D eigenvalue weighted by Crippen LogP contribution is 2.23. The van der Waals surface area contributed by atoms with Crippen LogP contribution in [-0.2, 0) is 23.8 Å². The van der Waals surface area contributed by atoms with Gasteiger partial charge in [-0.25, -0.2) is 0 Å². The Kier molecular flexibility index (Phi) is 45.7. The van der Waals surface area contributed by atoms with Crippen molar-refractivity contribution in [3.63, 3.8) is 0 Å². The second-order valence-electron chi connectivity index (χ2n) is 20.3. The first-order valence-electron chi connectivity index (χ1n) is 29.1. The van der Waals surface area contributed by atoms with Gasteiger partial charge in [-0.2, -0.15) is 0 Å². The molecule has 1 heterocycles. The van der Waals surface area contributed by atoms with E-state index in [2.05, 4.69) is 31.3 Å². The number of amides is 1. The predicted octanol–water partition coefficient (Wildman–Crippen LogP) is 12.9. The van der Waals surface area contributed by atoms with Crippen LogP contribution >= 0.6 is 0 Å². The molecule has 7 atom stereocenters. The van der Waals surface area contributed by atoms with Crippen molar-refractivity contribution in [3.05, 3.63) is 24.3 Å². The number of allylic oxidation sites excluding steroid dienone is 3. The van der Waals surface area contributed by atoms with Gasteiger partial charge < -0.3 is 45.1 Å². The second-order valence-corrected chi connectivity index (χ2v) is 20.3. The summed E-state index contributed by atoms with van der Waals surface area (Å²) in [5.74, 6) is -0.209. The molecule has 0 saturated carbocycles. The van der Waals surface area contributed by atoms with Crippen LogP contribution in [0.15, 0.2) is 24.3 Å². The Labute approximate surface area is 422 Å². The third-order valence-corrected chi connectivity index (χ3v) is 13.8. The van der Waals surface area contributed by atoms with Crippen LogP contribution in [0.2, 0.25) is 0 Å². The minimum atomic E-state index is -1.58. The number of carbonyl (C=O) groups is 2. The molecule has 6 N–H and O–H groups in total. The molecule has 1 amide bonds. The van der Waals surface area contributed by atoms with Crippen LogP contribution in [-0.4, -0.2) is 100 Å². The number of aliphatic hydroxyl groups excluding tert-OH is 5. The largest absolute Gasteiger partial charge is 0.466 e. The number of hydrogen-bond acceptors (Lipinski definition) is 10. The molecule has 406 valence electrons. The Hall–Kier alpha value is -1.86. The summed E-state index contributed by atoms with van der Waals surface area (Å²) in [4.78, 5) is 25.0. The molecule has 11 nitrogen and oxygen atoms in total. The van der Waals surface area contributed by atoms with E-state index in [-0.39, 0.29) is 18.5 Å². The van der Waals surface area contributed by atoms with Gasteiger partial charge in [-0.05, 0) is 44.9 Å². The molecule has 11 heteroatoms. The minimum Gasteiger partial charge on any atom is -0.466 e. The van der Waals surface area contributed by atoms with Crippen LogP contribution in [0.25, 0.3) is 0 Å². The Morgan fingerprint density at radius 2 is 0.942 bits per heavy atom. The van der Waals surface area contributed by atoms with E-state index >= 15 is 0 Å². The smallest absolute Gasteiger partial charge is 0.305 e. The molecule has 1 rings (SSSR count). The topological polar surface area (TPSA) is 175 Å². The van der Waals surface area contributed by atoms with Crippen molar-refractivity contribution >= 4 is 11.9 Å². The van der Waals surface area contributed by atoms with Gasteiger partial charge in [-0.15, -0.1) is 0 Å². The van der Waals surface area contributed by atoms with E-state index in [1.54, 1.807) is 6.08 Å². The van der Waals surface area contributed by atoms with Gasteiger partial charge in [0.25, 0.3) is 0 Å². The summed E-state index contributed by atoms with van der Waals surface area (Å²) in [6, 6.07) is -0.830. The number of unbranched alkanes of at least 4 members (excludes halogenated alkanes) is 34. The predicted molar refractivity (Wildman–Crippen MR) is 283 cm³/mol. The fourth-order valence-corrected chi connectivity index (χ4v) is 9.16. The van der Waals surface area contributed by atoms with Crippen molar-refractivity contribution in [2.45, 2.75) is 314 Å². The number of aliphatic hydroxyl groups is 5. The number of carbonyl (C=O) groups excluding carboxylic acids is 2. The van der Waals surface area contributed by atoms with E-state index in [9.17, 15) is 35.1 Å². The molecule has 0 aromatic heterocycles. The van der Waals surface area contributed by atoms with E-state index < -0.39 is 49.5 Å². The van der Waals surface area contributed by atoms with E-state index in [0.29, 0.717) is 19.4 Å². The molecule has 7 unspecified atom stereocenters. The van der Waals surface area contributed by atoms with Crippen molar-refractivity contribution in [1.82, 2.24) is 5.32 Å². The highest BCUT2D eigenvalue weighted by atomic mass is 16.7. The Morgan fingerprint density at radius 3 is 1.43 bits per heavy atom. The van der Waals surface area contributed by atoms with Crippen LogP contribution in [0, 0.1) is 0 Å². The Bertz CT molecular complexity index is 1200. The van der Waals surface area contributed by atoms with E-state index in [1.807, 2.05) is 6.08 Å². The monoisotopic (exact) mass is 980 g/mol. The highest BCUT2D eigenvalue weighted by molar-refractivity contribution is 5.76. The molecule has 1 saturated heterocycles. The molecule has 0 aromatic rings. The van der Waals surface area contributed by atoms with Crippen LogP contribution in [0.1, 0.15) is 271 Å². The maximum absolute atomic E-state index is 13.0. The lowest BCUT2D eigenvalue weighted by molar-refractivity contribution is -0.302. The summed E-state index contributed by atoms with van der Waals surface area (Å²) in [6.45, 7) is 4.30. The first-order valence-corrected chi connectivity index (χ1v) is 29.1. The van der Waals surface area contributed by atoms with Crippen LogP contribution in [0.3, 0.4) is 0 Å². The molecule has 1 fully saturated rings. The SMILES string of the molecule is CCCCCCCCC/C=C/CC/C=C/C(O)C(COC1OC(CO)C(O)C(O)C1O)NC(=O)CCCCCCCCCCCCCCCCCCCOC(=O)CCCCCCCCCCCCC. The first kappa shape index (κ1) is 65.2. The first-order chi connectivity index (χ1) is 33.7. The molecule has 0 radical (unpaired) electrons. The number of esters is 1. The van der Waals surface area contributed by atoms with Crippen LogP contribution in [0.4, 0.5) is 0 Å². The molecule has 0 bridgehead atoms. The summed E-state index contributed by atoms with van der Waals surface area (Å²) in [7, 11) is 0. The summed E-state index contributed by atoms with van der Waals surface area (Å²) in [5.41, 5.74) is 0. The van der Waals surface area contributed by atoms with E-state index in [4.69, 9.17) is 14.2 Å². The lowest BCUT2D eigenvalue weighted by Gasteiger charge is -2.40. The Balaban J connectivity index is 2.12. The third kappa shape index (κ3) is 38.4. The van der Waals surface area contributed by atoms with E-state index in [1.165, 1.54) is 173 Å². The number of hydrogen-bond donors (Lipinski definition) is 6. The highest BCUT2D eigenvalue weighted by Gasteiger charge is 2.44.